The van der Waals surface area contributed by atoms with Gasteiger partial charge in [-0.15, -0.1) is 0 Å². The molecule has 1 aliphatic rings. The van der Waals surface area contributed by atoms with Crippen LogP contribution in [0.15, 0.2) is 30.3 Å². The summed E-state index contributed by atoms with van der Waals surface area (Å²) < 4.78 is 50.0. The number of esters is 1. The summed E-state index contributed by atoms with van der Waals surface area (Å²) in [4.78, 5) is 36.7. The summed E-state index contributed by atoms with van der Waals surface area (Å²) in [6.07, 6.45) is 0. The predicted octanol–water partition coefficient (Wildman–Crippen LogP) is 2.64. The molecule has 0 spiro atoms. The van der Waals surface area contributed by atoms with Crippen molar-refractivity contribution in [3.05, 3.63) is 63.5 Å². The lowest BCUT2D eigenvalue weighted by Crippen LogP contribution is -2.37. The molecule has 0 saturated carbocycles. The third-order valence-electron chi connectivity index (χ3n) is 4.41. The Morgan fingerprint density at radius 3 is 2.52 bits per heavy atom. The number of anilines is 2. The fraction of sp³-hybridized carbons (Fsp3) is 0.263. The zero-order chi connectivity index (χ0) is 22.5. The van der Waals surface area contributed by atoms with Crippen molar-refractivity contribution >= 4 is 28.9 Å². The van der Waals surface area contributed by atoms with Crippen LogP contribution in [-0.4, -0.2) is 49.7 Å². The van der Waals surface area contributed by atoms with E-state index in [9.17, 15) is 32.9 Å². The van der Waals surface area contributed by atoms with E-state index in [1.54, 1.807) is 4.90 Å². The lowest BCUT2D eigenvalue weighted by molar-refractivity contribution is -0.384. The van der Waals surface area contributed by atoms with Crippen LogP contribution in [0.2, 0.25) is 0 Å². The lowest BCUT2D eigenvalue weighted by Gasteiger charge is -2.30. The van der Waals surface area contributed by atoms with E-state index in [1.807, 2.05) is 5.32 Å². The molecule has 2 aromatic carbocycles. The minimum absolute atomic E-state index is 0.136. The monoisotopic (exact) mass is 439 g/mol. The van der Waals surface area contributed by atoms with Gasteiger partial charge < -0.3 is 19.7 Å². The first-order chi connectivity index (χ1) is 14.8. The molecule has 1 saturated heterocycles. The molecular formula is C19H16F3N3O6. The van der Waals surface area contributed by atoms with Crippen LogP contribution in [0.4, 0.5) is 30.2 Å². The Kier molecular flexibility index (Phi) is 6.70. The van der Waals surface area contributed by atoms with Crippen molar-refractivity contribution in [1.29, 1.82) is 0 Å². The summed E-state index contributed by atoms with van der Waals surface area (Å²) in [5.41, 5.74) is -0.754. The van der Waals surface area contributed by atoms with Gasteiger partial charge in [-0.1, -0.05) is 0 Å². The fourth-order valence-electron chi connectivity index (χ4n) is 2.90. The largest absolute Gasteiger partial charge is 0.452 e. The van der Waals surface area contributed by atoms with Crippen LogP contribution >= 0.6 is 0 Å². The maximum Gasteiger partial charge on any atom is 0.341 e. The minimum atomic E-state index is -1.76. The second-order valence-electron chi connectivity index (χ2n) is 6.41. The molecule has 0 unspecified atom stereocenters. The molecule has 12 heteroatoms. The van der Waals surface area contributed by atoms with E-state index in [0.29, 0.717) is 38.1 Å². The Morgan fingerprint density at radius 1 is 1.13 bits per heavy atom. The van der Waals surface area contributed by atoms with Gasteiger partial charge in [0.15, 0.2) is 24.1 Å². The van der Waals surface area contributed by atoms with Crippen molar-refractivity contribution in [2.75, 3.05) is 43.1 Å². The summed E-state index contributed by atoms with van der Waals surface area (Å²) in [5.74, 6) is -6.83. The highest BCUT2D eigenvalue weighted by molar-refractivity contribution is 5.99. The summed E-state index contributed by atoms with van der Waals surface area (Å²) >= 11 is 0. The highest BCUT2D eigenvalue weighted by Crippen LogP contribution is 2.27. The molecule has 1 heterocycles. The van der Waals surface area contributed by atoms with Gasteiger partial charge in [0, 0.05) is 25.2 Å². The van der Waals surface area contributed by atoms with E-state index in [4.69, 9.17) is 9.47 Å². The first-order valence-electron chi connectivity index (χ1n) is 8.99. The summed E-state index contributed by atoms with van der Waals surface area (Å²) in [6, 6.07) is 5.10. The van der Waals surface area contributed by atoms with Gasteiger partial charge in [-0.05, 0) is 18.2 Å². The van der Waals surface area contributed by atoms with E-state index in [2.05, 4.69) is 0 Å². The van der Waals surface area contributed by atoms with Gasteiger partial charge in [-0.25, -0.2) is 18.0 Å². The van der Waals surface area contributed by atoms with Crippen molar-refractivity contribution in [3.63, 3.8) is 0 Å². The number of carbonyl (C=O) groups excluding carboxylic acids is 2. The quantitative estimate of drug-likeness (QED) is 0.319. The molecule has 0 aromatic heterocycles. The predicted molar refractivity (Wildman–Crippen MR) is 101 cm³/mol. The number of halogens is 3. The van der Waals surface area contributed by atoms with Crippen LogP contribution in [0.3, 0.4) is 0 Å². The zero-order valence-electron chi connectivity index (χ0n) is 15.9. The van der Waals surface area contributed by atoms with Crippen LogP contribution in [0.5, 0.6) is 0 Å². The number of nitrogens with one attached hydrogen (secondary N) is 1. The molecule has 3 rings (SSSR count). The standard InChI is InChI=1S/C19H16F3N3O6/c20-13-2-3-14(18(22)17(13)21)23-16(26)10-31-19(27)12-9-11(25(28)29)1-4-15(12)24-5-7-30-8-6-24/h1-4,9H,5-8,10H2,(H,23,26). The van der Waals surface area contributed by atoms with E-state index >= 15 is 0 Å². The van der Waals surface area contributed by atoms with Gasteiger partial charge >= 0.3 is 5.97 Å². The first-order valence-corrected chi connectivity index (χ1v) is 8.99. The highest BCUT2D eigenvalue weighted by Gasteiger charge is 2.24. The number of hydrogen-bond acceptors (Lipinski definition) is 7. The minimum Gasteiger partial charge on any atom is -0.452 e. The molecule has 1 fully saturated rings. The van der Waals surface area contributed by atoms with Crippen molar-refractivity contribution in [2.45, 2.75) is 0 Å². The number of amides is 1. The molecule has 2 aromatic rings. The van der Waals surface area contributed by atoms with E-state index in [0.717, 1.165) is 12.1 Å². The van der Waals surface area contributed by atoms with Gasteiger partial charge in [0.2, 0.25) is 0 Å². The molecule has 0 radical (unpaired) electrons. The van der Waals surface area contributed by atoms with Gasteiger partial charge in [-0.3, -0.25) is 14.9 Å². The third-order valence-corrected chi connectivity index (χ3v) is 4.41. The number of ether oxygens (including phenoxy) is 2. The number of nitro benzene ring substituents is 1. The van der Waals surface area contributed by atoms with Crippen molar-refractivity contribution in [3.8, 4) is 0 Å². The van der Waals surface area contributed by atoms with Gasteiger partial charge in [0.05, 0.1) is 35.1 Å². The van der Waals surface area contributed by atoms with Gasteiger partial charge in [0.25, 0.3) is 11.6 Å². The summed E-state index contributed by atoms with van der Waals surface area (Å²) in [6.45, 7) is 0.784. The molecule has 164 valence electrons. The SMILES string of the molecule is O=C(COC(=O)c1cc([N+](=O)[O-])ccc1N1CCOCC1)Nc1ccc(F)c(F)c1F. The van der Waals surface area contributed by atoms with Crippen LogP contribution in [0, 0.1) is 27.6 Å². The Balaban J connectivity index is 1.73. The Hall–Kier alpha value is -3.67. The zero-order valence-corrected chi connectivity index (χ0v) is 15.9. The molecule has 0 bridgehead atoms. The molecule has 31 heavy (non-hydrogen) atoms. The summed E-state index contributed by atoms with van der Waals surface area (Å²) in [7, 11) is 0. The summed E-state index contributed by atoms with van der Waals surface area (Å²) in [5, 5.41) is 13.0. The van der Waals surface area contributed by atoms with Crippen molar-refractivity contribution < 1.29 is 37.2 Å². The molecule has 1 aliphatic heterocycles. The van der Waals surface area contributed by atoms with E-state index in [-0.39, 0.29) is 11.3 Å². The Morgan fingerprint density at radius 2 is 1.84 bits per heavy atom. The van der Waals surface area contributed by atoms with E-state index < -0.39 is 46.5 Å². The number of morpholine rings is 1. The number of nitro groups is 1. The van der Waals surface area contributed by atoms with Crippen LogP contribution < -0.4 is 10.2 Å². The van der Waals surface area contributed by atoms with Crippen molar-refractivity contribution in [2.24, 2.45) is 0 Å². The number of carbonyl (C=O) groups is 2. The molecule has 9 nitrogen and oxygen atoms in total. The molecule has 0 atom stereocenters. The van der Waals surface area contributed by atoms with Gasteiger partial charge in [0.1, 0.15) is 0 Å². The van der Waals surface area contributed by atoms with Gasteiger partial charge in [-0.2, -0.15) is 0 Å². The second-order valence-corrected chi connectivity index (χ2v) is 6.41. The normalized spacial score (nSPS) is 13.6. The topological polar surface area (TPSA) is 111 Å². The van der Waals surface area contributed by atoms with Crippen molar-refractivity contribution in [1.82, 2.24) is 0 Å². The number of non-ortho nitro benzene ring substituents is 1. The average Bonchev–Trinajstić information content (AvgIpc) is 2.78. The van der Waals surface area contributed by atoms with E-state index in [1.165, 1.54) is 12.1 Å². The molecule has 1 amide bonds. The number of rotatable bonds is 6. The van der Waals surface area contributed by atoms with Crippen LogP contribution in [-0.2, 0) is 14.3 Å². The number of hydrogen-bond donors (Lipinski definition) is 1. The first kappa shape index (κ1) is 22.0. The molecular weight excluding hydrogens is 423 g/mol. The fourth-order valence-corrected chi connectivity index (χ4v) is 2.90. The maximum atomic E-state index is 13.6. The highest BCUT2D eigenvalue weighted by atomic mass is 19.2. The smallest absolute Gasteiger partial charge is 0.341 e. The number of nitrogens with zero attached hydrogens (tertiary/aromatic N) is 2. The maximum absolute atomic E-state index is 13.6. The Bertz CT molecular complexity index is 1030. The molecule has 0 aliphatic carbocycles. The Labute approximate surface area is 173 Å². The average molecular weight is 439 g/mol. The number of benzene rings is 2. The second kappa shape index (κ2) is 9.43. The van der Waals surface area contributed by atoms with Crippen LogP contribution in [0.25, 0.3) is 0 Å². The molecule has 1 N–H and O–H groups in total. The van der Waals surface area contributed by atoms with Crippen LogP contribution in [0.1, 0.15) is 10.4 Å². The lowest BCUT2D eigenvalue weighted by atomic mass is 10.1. The third kappa shape index (κ3) is 5.09.